The highest BCUT2D eigenvalue weighted by Crippen LogP contribution is 2.18. The van der Waals surface area contributed by atoms with Gasteiger partial charge >= 0.3 is 5.97 Å². The summed E-state index contributed by atoms with van der Waals surface area (Å²) >= 11 is 0. The zero-order valence-electron chi connectivity index (χ0n) is 15.9. The van der Waals surface area contributed by atoms with Gasteiger partial charge in [-0.2, -0.15) is 0 Å². The second kappa shape index (κ2) is 8.26. The summed E-state index contributed by atoms with van der Waals surface area (Å²) in [5.74, 6) is -0.277. The van der Waals surface area contributed by atoms with E-state index >= 15 is 0 Å². The highest BCUT2D eigenvalue weighted by atomic mass is 16.5. The van der Waals surface area contributed by atoms with Gasteiger partial charge in [0.25, 0.3) is 11.5 Å². The molecule has 1 aliphatic rings. The fourth-order valence-electron chi connectivity index (χ4n) is 3.49. The molecule has 1 aromatic heterocycles. The minimum Gasteiger partial charge on any atom is -0.456 e. The summed E-state index contributed by atoms with van der Waals surface area (Å²) in [6, 6.07) is 15.1. The van der Waals surface area contributed by atoms with Gasteiger partial charge in [-0.05, 0) is 29.7 Å². The third-order valence-corrected chi connectivity index (χ3v) is 5.07. The van der Waals surface area contributed by atoms with Gasteiger partial charge in [0.15, 0.2) is 6.61 Å². The van der Waals surface area contributed by atoms with E-state index in [0.717, 1.165) is 12.0 Å². The molecule has 0 fully saturated rings. The van der Waals surface area contributed by atoms with Gasteiger partial charge in [-0.15, -0.1) is 0 Å². The molecule has 2 aromatic carbocycles. The number of aromatic amines is 1. The van der Waals surface area contributed by atoms with Crippen LogP contribution in [0.15, 0.2) is 53.3 Å². The van der Waals surface area contributed by atoms with Gasteiger partial charge in [-0.3, -0.25) is 14.4 Å². The van der Waals surface area contributed by atoms with Crippen LogP contribution in [0.25, 0.3) is 10.9 Å². The minimum atomic E-state index is -0.494. The van der Waals surface area contributed by atoms with E-state index in [2.05, 4.69) is 16.0 Å². The predicted octanol–water partition coefficient (Wildman–Crippen LogP) is 1.98. The van der Waals surface area contributed by atoms with Crippen molar-refractivity contribution in [2.45, 2.75) is 25.8 Å². The van der Waals surface area contributed by atoms with Crippen molar-refractivity contribution in [1.82, 2.24) is 14.9 Å². The smallest absolute Gasteiger partial charge is 0.306 e. The number of H-pyrrole nitrogens is 1. The number of amides is 1. The van der Waals surface area contributed by atoms with Gasteiger partial charge in [0.05, 0.1) is 17.3 Å². The first-order valence-electron chi connectivity index (χ1n) is 9.58. The van der Waals surface area contributed by atoms with Crippen molar-refractivity contribution in [3.63, 3.8) is 0 Å². The molecule has 0 saturated carbocycles. The molecule has 1 N–H and O–H groups in total. The monoisotopic (exact) mass is 391 g/mol. The number of nitrogens with zero attached hydrogens (tertiary/aromatic N) is 2. The molecule has 2 heterocycles. The Labute approximate surface area is 167 Å². The molecule has 0 radical (unpaired) electrons. The molecule has 148 valence electrons. The Morgan fingerprint density at radius 3 is 2.69 bits per heavy atom. The van der Waals surface area contributed by atoms with E-state index in [9.17, 15) is 14.4 Å². The molecule has 29 heavy (non-hydrogen) atoms. The maximum absolute atomic E-state index is 12.4. The van der Waals surface area contributed by atoms with E-state index in [1.54, 1.807) is 29.2 Å². The third-order valence-electron chi connectivity index (χ3n) is 5.07. The Kier molecular flexibility index (Phi) is 5.37. The second-order valence-electron chi connectivity index (χ2n) is 7.02. The lowest BCUT2D eigenvalue weighted by molar-refractivity contribution is -0.152. The second-order valence-corrected chi connectivity index (χ2v) is 7.02. The van der Waals surface area contributed by atoms with Crippen LogP contribution < -0.4 is 5.56 Å². The maximum atomic E-state index is 12.4. The van der Waals surface area contributed by atoms with Crippen molar-refractivity contribution in [3.05, 3.63) is 75.8 Å². The minimum absolute atomic E-state index is 0.0391. The van der Waals surface area contributed by atoms with Gasteiger partial charge in [-0.1, -0.05) is 36.4 Å². The van der Waals surface area contributed by atoms with E-state index in [1.165, 1.54) is 5.56 Å². The number of benzene rings is 2. The number of rotatable bonds is 5. The fourth-order valence-corrected chi connectivity index (χ4v) is 3.49. The van der Waals surface area contributed by atoms with E-state index in [-0.39, 0.29) is 30.9 Å². The van der Waals surface area contributed by atoms with Crippen molar-refractivity contribution in [1.29, 1.82) is 0 Å². The average molecular weight is 391 g/mol. The Bertz CT molecular complexity index is 1120. The number of para-hydroxylation sites is 1. The quantitative estimate of drug-likeness (QED) is 0.672. The SMILES string of the molecule is O=C(CCc1nc2ccccc2c(=O)[nH]1)OCC(=O)N1CCc2ccccc2C1. The van der Waals surface area contributed by atoms with Crippen LogP contribution in [-0.2, 0) is 33.7 Å². The molecular weight excluding hydrogens is 370 g/mol. The molecule has 7 heteroatoms. The zero-order chi connectivity index (χ0) is 20.2. The molecule has 0 saturated heterocycles. The number of hydrogen-bond donors (Lipinski definition) is 1. The van der Waals surface area contributed by atoms with Crippen molar-refractivity contribution in [3.8, 4) is 0 Å². The summed E-state index contributed by atoms with van der Waals surface area (Å²) in [4.78, 5) is 45.2. The van der Waals surface area contributed by atoms with Gasteiger partial charge in [0.1, 0.15) is 5.82 Å². The largest absolute Gasteiger partial charge is 0.456 e. The standard InChI is InChI=1S/C22H21N3O4/c26-20(25-12-11-15-5-1-2-6-16(15)13-25)14-29-21(27)10-9-19-23-18-8-4-3-7-17(18)22(28)24-19/h1-8H,9-14H2,(H,23,24,28). The summed E-state index contributed by atoms with van der Waals surface area (Å²) in [7, 11) is 0. The van der Waals surface area contributed by atoms with Crippen LogP contribution in [0.3, 0.4) is 0 Å². The summed E-state index contributed by atoms with van der Waals surface area (Å²) in [5, 5.41) is 0.507. The van der Waals surface area contributed by atoms with Crippen molar-refractivity contribution < 1.29 is 14.3 Å². The number of hydrogen-bond acceptors (Lipinski definition) is 5. The molecule has 0 bridgehead atoms. The first-order chi connectivity index (χ1) is 14.1. The van der Waals surface area contributed by atoms with Crippen LogP contribution in [0.5, 0.6) is 0 Å². The predicted molar refractivity (Wildman–Crippen MR) is 107 cm³/mol. The Hall–Kier alpha value is -3.48. The van der Waals surface area contributed by atoms with Crippen molar-refractivity contribution >= 4 is 22.8 Å². The van der Waals surface area contributed by atoms with E-state index in [1.807, 2.05) is 18.2 Å². The van der Waals surface area contributed by atoms with Crippen molar-refractivity contribution in [2.24, 2.45) is 0 Å². The number of fused-ring (bicyclic) bond motifs is 2. The number of ether oxygens (including phenoxy) is 1. The van der Waals surface area contributed by atoms with E-state index in [4.69, 9.17) is 4.74 Å². The van der Waals surface area contributed by atoms with Gasteiger partial charge in [0, 0.05) is 19.5 Å². The number of aryl methyl sites for hydroxylation is 1. The molecule has 0 unspecified atom stereocenters. The topological polar surface area (TPSA) is 92.4 Å². The average Bonchev–Trinajstić information content (AvgIpc) is 2.75. The number of carbonyl (C=O) groups excluding carboxylic acids is 2. The Morgan fingerprint density at radius 1 is 1.07 bits per heavy atom. The molecule has 1 aliphatic heterocycles. The fraction of sp³-hybridized carbons (Fsp3) is 0.273. The summed E-state index contributed by atoms with van der Waals surface area (Å²) in [6.07, 6.45) is 1.08. The normalized spacial score (nSPS) is 13.2. The van der Waals surface area contributed by atoms with Gasteiger partial charge in [0.2, 0.25) is 0 Å². The molecule has 1 amide bonds. The molecule has 7 nitrogen and oxygen atoms in total. The van der Waals surface area contributed by atoms with Gasteiger partial charge < -0.3 is 14.6 Å². The summed E-state index contributed by atoms with van der Waals surface area (Å²) < 4.78 is 5.13. The first-order valence-corrected chi connectivity index (χ1v) is 9.58. The van der Waals surface area contributed by atoms with Crippen LogP contribution in [0.4, 0.5) is 0 Å². The molecule has 0 spiro atoms. The van der Waals surface area contributed by atoms with Crippen molar-refractivity contribution in [2.75, 3.05) is 13.2 Å². The number of carbonyl (C=O) groups is 2. The molecule has 3 aromatic rings. The number of nitrogens with one attached hydrogen (secondary N) is 1. The molecular formula is C22H21N3O4. The maximum Gasteiger partial charge on any atom is 0.306 e. The summed E-state index contributed by atoms with van der Waals surface area (Å²) in [6.45, 7) is 0.882. The highest BCUT2D eigenvalue weighted by molar-refractivity contribution is 5.81. The summed E-state index contributed by atoms with van der Waals surface area (Å²) in [5.41, 5.74) is 2.73. The van der Waals surface area contributed by atoms with Crippen LogP contribution in [-0.4, -0.2) is 39.9 Å². The number of esters is 1. The Balaban J connectivity index is 1.28. The zero-order valence-corrected chi connectivity index (χ0v) is 15.9. The lowest BCUT2D eigenvalue weighted by Gasteiger charge is -2.28. The molecule has 0 atom stereocenters. The number of aromatic nitrogens is 2. The molecule has 4 rings (SSSR count). The van der Waals surface area contributed by atoms with Crippen LogP contribution in [0, 0.1) is 0 Å². The first kappa shape index (κ1) is 18.9. The molecule has 0 aliphatic carbocycles. The third kappa shape index (κ3) is 4.34. The highest BCUT2D eigenvalue weighted by Gasteiger charge is 2.21. The van der Waals surface area contributed by atoms with Crippen LogP contribution >= 0.6 is 0 Å². The lowest BCUT2D eigenvalue weighted by Crippen LogP contribution is -2.38. The lowest BCUT2D eigenvalue weighted by atomic mass is 10.00. The Morgan fingerprint density at radius 2 is 1.83 bits per heavy atom. The van der Waals surface area contributed by atoms with E-state index in [0.29, 0.717) is 29.8 Å². The van der Waals surface area contributed by atoms with Gasteiger partial charge in [-0.25, -0.2) is 4.98 Å². The van der Waals surface area contributed by atoms with Crippen LogP contribution in [0.2, 0.25) is 0 Å². The van der Waals surface area contributed by atoms with Crippen LogP contribution in [0.1, 0.15) is 23.4 Å². The van der Waals surface area contributed by atoms with E-state index < -0.39 is 5.97 Å².